The summed E-state index contributed by atoms with van der Waals surface area (Å²) in [6, 6.07) is 13.4. The van der Waals surface area contributed by atoms with Gasteiger partial charge in [-0.15, -0.1) is 0 Å². The second-order valence-electron chi connectivity index (χ2n) is 5.81. The molecule has 0 aliphatic carbocycles. The van der Waals surface area contributed by atoms with Gasteiger partial charge in [0.1, 0.15) is 16.7 Å². The van der Waals surface area contributed by atoms with E-state index in [2.05, 4.69) is 5.10 Å². The fourth-order valence-electron chi connectivity index (χ4n) is 2.95. The first kappa shape index (κ1) is 14.5. The zero-order valence-electron chi connectivity index (χ0n) is 13.7. The number of nitrogens with zero attached hydrogens (tertiary/aromatic N) is 2. The fraction of sp³-hybridized carbons (Fsp3) is 0.158. The van der Waals surface area contributed by atoms with Crippen molar-refractivity contribution in [1.82, 2.24) is 9.78 Å². The molecular weight excluding hydrogens is 304 g/mol. The van der Waals surface area contributed by atoms with Crippen molar-refractivity contribution < 1.29 is 9.15 Å². The van der Waals surface area contributed by atoms with E-state index >= 15 is 0 Å². The first-order valence-electron chi connectivity index (χ1n) is 7.65. The summed E-state index contributed by atoms with van der Waals surface area (Å²) >= 11 is 0. The van der Waals surface area contributed by atoms with E-state index in [1.165, 1.54) is 0 Å². The molecule has 24 heavy (non-hydrogen) atoms. The van der Waals surface area contributed by atoms with Gasteiger partial charge in [-0.25, -0.2) is 9.48 Å². The third-order valence-corrected chi connectivity index (χ3v) is 4.19. The molecule has 120 valence electrons. The van der Waals surface area contributed by atoms with E-state index in [1.807, 2.05) is 44.2 Å². The first-order valence-corrected chi connectivity index (χ1v) is 7.65. The average Bonchev–Trinajstić information content (AvgIpc) is 2.94. The van der Waals surface area contributed by atoms with E-state index in [1.54, 1.807) is 23.9 Å². The molecule has 5 heteroatoms. The van der Waals surface area contributed by atoms with Crippen molar-refractivity contribution >= 4 is 21.9 Å². The Labute approximate surface area is 138 Å². The van der Waals surface area contributed by atoms with Crippen molar-refractivity contribution in [2.45, 2.75) is 13.8 Å². The highest BCUT2D eigenvalue weighted by Gasteiger charge is 2.18. The predicted octanol–water partition coefficient (Wildman–Crippen LogP) is 3.76. The fourth-order valence-corrected chi connectivity index (χ4v) is 2.95. The monoisotopic (exact) mass is 320 g/mol. The molecule has 2 aromatic heterocycles. The average molecular weight is 320 g/mol. The lowest BCUT2D eigenvalue weighted by atomic mass is 10.1. The van der Waals surface area contributed by atoms with E-state index in [4.69, 9.17) is 9.15 Å². The van der Waals surface area contributed by atoms with Gasteiger partial charge in [-0.3, -0.25) is 0 Å². The molecule has 0 radical (unpaired) electrons. The summed E-state index contributed by atoms with van der Waals surface area (Å²) in [5.41, 5.74) is 3.58. The predicted molar refractivity (Wildman–Crippen MR) is 93.1 cm³/mol. The van der Waals surface area contributed by atoms with Gasteiger partial charge in [0.25, 0.3) is 0 Å². The van der Waals surface area contributed by atoms with Crippen molar-refractivity contribution in [3.8, 4) is 11.4 Å². The van der Waals surface area contributed by atoms with E-state index in [9.17, 15) is 4.79 Å². The number of fused-ring (bicyclic) bond motifs is 3. The molecule has 0 saturated carbocycles. The Hall–Kier alpha value is -3.08. The smallest absolute Gasteiger partial charge is 0.347 e. The number of ether oxygens (including phenoxy) is 1. The molecule has 4 aromatic rings. The second-order valence-corrected chi connectivity index (χ2v) is 5.81. The lowest BCUT2D eigenvalue weighted by Gasteiger charge is -2.07. The highest BCUT2D eigenvalue weighted by atomic mass is 16.5. The van der Waals surface area contributed by atoms with Gasteiger partial charge in [0.2, 0.25) is 0 Å². The van der Waals surface area contributed by atoms with Crippen LogP contribution in [-0.2, 0) is 0 Å². The Morgan fingerprint density at radius 3 is 2.54 bits per heavy atom. The third-order valence-electron chi connectivity index (χ3n) is 4.19. The molecule has 4 rings (SSSR count). The summed E-state index contributed by atoms with van der Waals surface area (Å²) in [6.45, 7) is 3.85. The summed E-state index contributed by atoms with van der Waals surface area (Å²) in [5.74, 6) is 0.701. The van der Waals surface area contributed by atoms with Crippen LogP contribution in [0.15, 0.2) is 51.7 Å². The lowest BCUT2D eigenvalue weighted by molar-refractivity contribution is 0.415. The molecule has 0 unspecified atom stereocenters. The SMILES string of the molecule is COc1ccc2oc(=O)c3c(C)nn(-c4ccc(C)cc4)c3c2c1. The summed E-state index contributed by atoms with van der Waals surface area (Å²) in [4.78, 5) is 12.4. The van der Waals surface area contributed by atoms with E-state index in [-0.39, 0.29) is 5.63 Å². The number of rotatable bonds is 2. The molecule has 0 saturated heterocycles. The molecule has 0 amide bonds. The van der Waals surface area contributed by atoms with Crippen molar-refractivity contribution in [3.63, 3.8) is 0 Å². The van der Waals surface area contributed by atoms with Crippen LogP contribution in [0.25, 0.3) is 27.6 Å². The molecule has 2 aromatic carbocycles. The van der Waals surface area contributed by atoms with Crippen LogP contribution in [0.5, 0.6) is 5.75 Å². The van der Waals surface area contributed by atoms with E-state index < -0.39 is 0 Å². The minimum Gasteiger partial charge on any atom is -0.497 e. The van der Waals surface area contributed by atoms with Gasteiger partial charge in [0.15, 0.2) is 0 Å². The largest absolute Gasteiger partial charge is 0.497 e. The maximum Gasteiger partial charge on any atom is 0.347 e. The van der Waals surface area contributed by atoms with Crippen LogP contribution < -0.4 is 10.4 Å². The van der Waals surface area contributed by atoms with Crippen LogP contribution in [0.3, 0.4) is 0 Å². The molecule has 0 aliphatic heterocycles. The second kappa shape index (κ2) is 5.23. The van der Waals surface area contributed by atoms with Crippen LogP contribution in [-0.4, -0.2) is 16.9 Å². The van der Waals surface area contributed by atoms with Gasteiger partial charge in [-0.2, -0.15) is 5.10 Å². The van der Waals surface area contributed by atoms with Crippen LogP contribution in [0, 0.1) is 13.8 Å². The highest BCUT2D eigenvalue weighted by molar-refractivity contribution is 6.04. The topological polar surface area (TPSA) is 57.3 Å². The van der Waals surface area contributed by atoms with Gasteiger partial charge in [0.05, 0.1) is 24.0 Å². The summed E-state index contributed by atoms with van der Waals surface area (Å²) in [7, 11) is 1.61. The van der Waals surface area contributed by atoms with Gasteiger partial charge in [0, 0.05) is 5.39 Å². The molecule has 0 spiro atoms. The number of benzene rings is 2. The van der Waals surface area contributed by atoms with Gasteiger partial charge in [-0.05, 0) is 44.2 Å². The Kier molecular flexibility index (Phi) is 3.16. The molecule has 0 N–H and O–H groups in total. The molecular formula is C19H16N2O3. The van der Waals surface area contributed by atoms with E-state index in [0.717, 1.165) is 22.2 Å². The van der Waals surface area contributed by atoms with E-state index in [0.29, 0.717) is 22.4 Å². The summed E-state index contributed by atoms with van der Waals surface area (Å²) in [5, 5.41) is 5.86. The maximum absolute atomic E-state index is 12.4. The van der Waals surface area contributed by atoms with Crippen molar-refractivity contribution in [2.24, 2.45) is 0 Å². The minimum absolute atomic E-state index is 0.376. The van der Waals surface area contributed by atoms with Crippen molar-refractivity contribution in [2.75, 3.05) is 7.11 Å². The van der Waals surface area contributed by atoms with Crippen molar-refractivity contribution in [1.29, 1.82) is 0 Å². The number of methoxy groups -OCH3 is 1. The maximum atomic E-state index is 12.4. The molecule has 0 bridgehead atoms. The van der Waals surface area contributed by atoms with Crippen molar-refractivity contribution in [3.05, 3.63) is 64.1 Å². The zero-order chi connectivity index (χ0) is 16.8. The Bertz CT molecular complexity index is 1120. The summed E-state index contributed by atoms with van der Waals surface area (Å²) < 4.78 is 12.6. The molecule has 5 nitrogen and oxygen atoms in total. The lowest BCUT2D eigenvalue weighted by Crippen LogP contribution is -2.02. The minimum atomic E-state index is -0.376. The first-order chi connectivity index (χ1) is 11.6. The normalized spacial score (nSPS) is 11.3. The molecule has 0 fully saturated rings. The van der Waals surface area contributed by atoms with Crippen LogP contribution in [0.1, 0.15) is 11.3 Å². The molecule has 0 atom stereocenters. The molecule has 2 heterocycles. The number of aromatic nitrogens is 2. The Balaban J connectivity index is 2.18. The zero-order valence-corrected chi connectivity index (χ0v) is 13.7. The number of aryl methyl sites for hydroxylation is 2. The van der Waals surface area contributed by atoms with Crippen LogP contribution in [0.4, 0.5) is 0 Å². The summed E-state index contributed by atoms with van der Waals surface area (Å²) in [6.07, 6.45) is 0. The number of hydrogen-bond acceptors (Lipinski definition) is 4. The Morgan fingerprint density at radius 2 is 1.83 bits per heavy atom. The van der Waals surface area contributed by atoms with Gasteiger partial charge >= 0.3 is 5.63 Å². The standard InChI is InChI=1S/C19H16N2O3/c1-11-4-6-13(7-5-11)21-18-15-10-14(23-3)8-9-16(15)24-19(22)17(18)12(2)20-21/h4-10H,1-3H3. The van der Waals surface area contributed by atoms with Crippen LogP contribution in [0.2, 0.25) is 0 Å². The number of hydrogen-bond donors (Lipinski definition) is 0. The molecule has 0 aliphatic rings. The quantitative estimate of drug-likeness (QED) is 0.528. The third kappa shape index (κ3) is 2.09. The van der Waals surface area contributed by atoms with Crippen LogP contribution >= 0.6 is 0 Å². The van der Waals surface area contributed by atoms with Gasteiger partial charge < -0.3 is 9.15 Å². The Morgan fingerprint density at radius 1 is 1.08 bits per heavy atom. The van der Waals surface area contributed by atoms with Gasteiger partial charge in [-0.1, -0.05) is 17.7 Å². The highest BCUT2D eigenvalue weighted by Crippen LogP contribution is 2.29.